The minimum Gasteiger partial charge on any atom is -0.389 e. The molecule has 3 N–H and O–H groups in total. The van der Waals surface area contributed by atoms with E-state index < -0.39 is 0 Å². The van der Waals surface area contributed by atoms with E-state index in [9.17, 15) is 4.39 Å². The van der Waals surface area contributed by atoms with Gasteiger partial charge in [-0.25, -0.2) is 4.39 Å². The van der Waals surface area contributed by atoms with Gasteiger partial charge in [0.25, 0.3) is 0 Å². The Labute approximate surface area is 137 Å². The molecule has 110 valence electrons. The van der Waals surface area contributed by atoms with Crippen LogP contribution >= 0.6 is 28.1 Å². The van der Waals surface area contributed by atoms with Gasteiger partial charge in [-0.05, 0) is 49.2 Å². The summed E-state index contributed by atoms with van der Waals surface area (Å²) in [6, 6.07) is 10.8. The number of anilines is 1. The molecule has 21 heavy (non-hydrogen) atoms. The topological polar surface area (TPSA) is 38.0 Å². The second-order valence-corrected chi connectivity index (χ2v) is 6.28. The van der Waals surface area contributed by atoms with Crippen LogP contribution in [0.25, 0.3) is 0 Å². The first-order valence-corrected chi connectivity index (χ1v) is 7.70. The Hall–Kier alpha value is -1.46. The van der Waals surface area contributed by atoms with Gasteiger partial charge in [0.1, 0.15) is 10.8 Å². The third-order valence-electron chi connectivity index (χ3n) is 3.31. The van der Waals surface area contributed by atoms with Crippen LogP contribution in [-0.4, -0.2) is 4.99 Å². The lowest BCUT2D eigenvalue weighted by Gasteiger charge is -2.19. The average molecular weight is 367 g/mol. The van der Waals surface area contributed by atoms with Crippen molar-refractivity contribution in [1.29, 1.82) is 0 Å². The zero-order valence-corrected chi connectivity index (χ0v) is 14.2. The second kappa shape index (κ2) is 6.54. The molecule has 0 bridgehead atoms. The van der Waals surface area contributed by atoms with E-state index >= 15 is 0 Å². The van der Waals surface area contributed by atoms with Crippen LogP contribution in [0.3, 0.4) is 0 Å². The molecule has 0 saturated carbocycles. The first-order valence-electron chi connectivity index (χ1n) is 6.50. The molecule has 0 aromatic heterocycles. The average Bonchev–Trinajstić information content (AvgIpc) is 2.41. The lowest BCUT2D eigenvalue weighted by Crippen LogP contribution is -2.15. The number of nitrogens with one attached hydrogen (secondary N) is 1. The fourth-order valence-corrected chi connectivity index (χ4v) is 2.58. The van der Waals surface area contributed by atoms with Gasteiger partial charge in [-0.2, -0.15) is 0 Å². The highest BCUT2D eigenvalue weighted by Crippen LogP contribution is 2.26. The molecule has 0 aliphatic carbocycles. The molecule has 0 amide bonds. The molecule has 0 fully saturated rings. The molecule has 0 aliphatic rings. The first kappa shape index (κ1) is 15.9. The standard InChI is InChI=1S/C16H16BrFN2S/c1-9-3-4-11(7-14(9)18)10(2)20-15-8-12(17)5-6-13(15)16(19)21/h3-8,10,20H,1-2H3,(H2,19,21). The summed E-state index contributed by atoms with van der Waals surface area (Å²) in [5.74, 6) is -0.204. The number of thiocarbonyl (C=S) groups is 1. The van der Waals surface area contributed by atoms with Crippen molar-refractivity contribution in [3.8, 4) is 0 Å². The minimum atomic E-state index is -0.204. The number of hydrogen-bond acceptors (Lipinski definition) is 2. The molecule has 1 atom stereocenters. The minimum absolute atomic E-state index is 0.0671. The molecule has 5 heteroatoms. The van der Waals surface area contributed by atoms with Crippen LogP contribution in [0.15, 0.2) is 40.9 Å². The smallest absolute Gasteiger partial charge is 0.126 e. The Balaban J connectivity index is 2.30. The number of halogens is 2. The lowest BCUT2D eigenvalue weighted by molar-refractivity contribution is 0.614. The third-order valence-corrected chi connectivity index (χ3v) is 4.03. The molecule has 2 rings (SSSR count). The number of hydrogen-bond donors (Lipinski definition) is 2. The number of nitrogens with two attached hydrogens (primary N) is 1. The summed E-state index contributed by atoms with van der Waals surface area (Å²) in [4.78, 5) is 0.326. The molecule has 2 aromatic rings. The maximum absolute atomic E-state index is 13.7. The molecular weight excluding hydrogens is 351 g/mol. The van der Waals surface area contributed by atoms with Crippen LogP contribution in [0.1, 0.15) is 29.7 Å². The van der Waals surface area contributed by atoms with Crippen LogP contribution in [0.4, 0.5) is 10.1 Å². The lowest BCUT2D eigenvalue weighted by atomic mass is 10.0. The van der Waals surface area contributed by atoms with Gasteiger partial charge in [-0.1, -0.05) is 40.3 Å². The third kappa shape index (κ3) is 3.80. The van der Waals surface area contributed by atoms with E-state index in [-0.39, 0.29) is 11.9 Å². The van der Waals surface area contributed by atoms with Crippen LogP contribution < -0.4 is 11.1 Å². The monoisotopic (exact) mass is 366 g/mol. The first-order chi connectivity index (χ1) is 9.88. The van der Waals surface area contributed by atoms with Crippen molar-refractivity contribution < 1.29 is 4.39 Å². The highest BCUT2D eigenvalue weighted by Gasteiger charge is 2.12. The SMILES string of the molecule is Cc1ccc(C(C)Nc2cc(Br)ccc2C(N)=S)cc1F. The normalized spacial score (nSPS) is 12.0. The summed E-state index contributed by atoms with van der Waals surface area (Å²) >= 11 is 8.49. The Morgan fingerprint density at radius 2 is 2.00 bits per heavy atom. The summed E-state index contributed by atoms with van der Waals surface area (Å²) in [5, 5.41) is 3.33. The fraction of sp³-hybridized carbons (Fsp3) is 0.188. The van der Waals surface area contributed by atoms with E-state index in [4.69, 9.17) is 18.0 Å². The van der Waals surface area contributed by atoms with E-state index in [0.29, 0.717) is 10.6 Å². The van der Waals surface area contributed by atoms with Gasteiger partial charge in [0, 0.05) is 21.8 Å². The number of benzene rings is 2. The van der Waals surface area contributed by atoms with Crippen LogP contribution in [-0.2, 0) is 0 Å². The van der Waals surface area contributed by atoms with Crippen LogP contribution in [0.5, 0.6) is 0 Å². The zero-order valence-electron chi connectivity index (χ0n) is 11.8. The van der Waals surface area contributed by atoms with Crippen molar-refractivity contribution >= 4 is 38.8 Å². The van der Waals surface area contributed by atoms with Crippen molar-refractivity contribution in [2.24, 2.45) is 5.73 Å². The van der Waals surface area contributed by atoms with Crippen molar-refractivity contribution in [3.05, 3.63) is 63.4 Å². The van der Waals surface area contributed by atoms with Gasteiger partial charge in [-0.3, -0.25) is 0 Å². The summed E-state index contributed by atoms with van der Waals surface area (Å²) in [5.41, 5.74) is 8.84. The van der Waals surface area contributed by atoms with E-state index in [2.05, 4.69) is 21.2 Å². The Morgan fingerprint density at radius 1 is 1.29 bits per heavy atom. The molecule has 2 nitrogen and oxygen atoms in total. The zero-order chi connectivity index (χ0) is 15.6. The summed E-state index contributed by atoms with van der Waals surface area (Å²) < 4.78 is 14.6. The van der Waals surface area contributed by atoms with Gasteiger partial charge in [-0.15, -0.1) is 0 Å². The number of rotatable bonds is 4. The van der Waals surface area contributed by atoms with Crippen molar-refractivity contribution in [3.63, 3.8) is 0 Å². The van der Waals surface area contributed by atoms with Gasteiger partial charge in [0.05, 0.1) is 0 Å². The Morgan fingerprint density at radius 3 is 2.62 bits per heavy atom. The van der Waals surface area contributed by atoms with Crippen molar-refractivity contribution in [1.82, 2.24) is 0 Å². The molecule has 0 heterocycles. The Bertz CT molecular complexity index is 688. The van der Waals surface area contributed by atoms with Gasteiger partial charge in [0.2, 0.25) is 0 Å². The molecule has 0 spiro atoms. The van der Waals surface area contributed by atoms with E-state index in [1.165, 1.54) is 0 Å². The molecule has 2 aromatic carbocycles. The molecule has 0 radical (unpaired) electrons. The maximum atomic E-state index is 13.7. The van der Waals surface area contributed by atoms with Crippen LogP contribution in [0.2, 0.25) is 0 Å². The fourth-order valence-electron chi connectivity index (χ4n) is 2.05. The largest absolute Gasteiger partial charge is 0.389 e. The maximum Gasteiger partial charge on any atom is 0.126 e. The van der Waals surface area contributed by atoms with Crippen LogP contribution in [0, 0.1) is 12.7 Å². The predicted octanol–water partition coefficient (Wildman–Crippen LogP) is 4.70. The van der Waals surface area contributed by atoms with E-state index in [1.807, 2.05) is 31.2 Å². The van der Waals surface area contributed by atoms with Gasteiger partial charge < -0.3 is 11.1 Å². The summed E-state index contributed by atoms with van der Waals surface area (Å²) in [6.07, 6.45) is 0. The van der Waals surface area contributed by atoms with Gasteiger partial charge >= 0.3 is 0 Å². The highest BCUT2D eigenvalue weighted by molar-refractivity contribution is 9.10. The van der Waals surface area contributed by atoms with Gasteiger partial charge in [0.15, 0.2) is 0 Å². The van der Waals surface area contributed by atoms with Crippen molar-refractivity contribution in [2.45, 2.75) is 19.9 Å². The Kier molecular flexibility index (Phi) is 4.96. The second-order valence-electron chi connectivity index (χ2n) is 4.93. The molecule has 0 aliphatic heterocycles. The number of aryl methyl sites for hydroxylation is 1. The van der Waals surface area contributed by atoms with Crippen molar-refractivity contribution in [2.75, 3.05) is 5.32 Å². The quantitative estimate of drug-likeness (QED) is 0.769. The molecular formula is C16H16BrFN2S. The molecule has 0 saturated heterocycles. The summed E-state index contributed by atoms with van der Waals surface area (Å²) in [7, 11) is 0. The van der Waals surface area contributed by atoms with E-state index in [0.717, 1.165) is 21.3 Å². The summed E-state index contributed by atoms with van der Waals surface area (Å²) in [6.45, 7) is 3.71. The highest BCUT2D eigenvalue weighted by atomic mass is 79.9. The predicted molar refractivity (Wildman–Crippen MR) is 93.2 cm³/mol. The molecule has 1 unspecified atom stereocenters. The van der Waals surface area contributed by atoms with E-state index in [1.54, 1.807) is 19.1 Å².